The van der Waals surface area contributed by atoms with Crippen molar-refractivity contribution in [3.8, 4) is 5.75 Å². The number of phenolic OH excluding ortho intramolecular Hbond substituents is 1. The molecule has 0 aromatic heterocycles. The zero-order valence-electron chi connectivity index (χ0n) is 15.9. The molecule has 5 rings (SSSR count). The van der Waals surface area contributed by atoms with Gasteiger partial charge >= 0.3 is 0 Å². The third-order valence-corrected chi connectivity index (χ3v) is 6.26. The standard InChI is InChI=1S/C26H22O2/c1-16(27)18-11-12-19(17-7-3-2-4-8-17)26-23(18)14-13-21-20-9-5-6-10-22(20)25(28)15-24(21)26/h2-10,13-15,18-19,28H,11-12H2,1H3. The second-order valence-corrected chi connectivity index (χ2v) is 7.81. The van der Waals surface area contributed by atoms with Crippen LogP contribution in [-0.2, 0) is 4.79 Å². The van der Waals surface area contributed by atoms with Crippen LogP contribution in [0.15, 0.2) is 72.8 Å². The molecule has 0 radical (unpaired) electrons. The Labute approximate surface area is 164 Å². The molecule has 0 spiro atoms. The largest absolute Gasteiger partial charge is 0.507 e. The van der Waals surface area contributed by atoms with E-state index in [0.29, 0.717) is 5.75 Å². The number of fused-ring (bicyclic) bond motifs is 5. The quantitative estimate of drug-likeness (QED) is 0.423. The molecular weight excluding hydrogens is 344 g/mol. The number of carbonyl (C=O) groups excluding carboxylic acids is 1. The minimum atomic E-state index is -0.0621. The van der Waals surface area contributed by atoms with Crippen LogP contribution in [-0.4, -0.2) is 10.9 Å². The van der Waals surface area contributed by atoms with Crippen LogP contribution in [0.3, 0.4) is 0 Å². The van der Waals surface area contributed by atoms with Gasteiger partial charge in [-0.05, 0) is 58.7 Å². The van der Waals surface area contributed by atoms with Crippen LogP contribution in [0.1, 0.15) is 48.3 Å². The highest BCUT2D eigenvalue weighted by atomic mass is 16.3. The van der Waals surface area contributed by atoms with Crippen molar-refractivity contribution in [1.29, 1.82) is 0 Å². The van der Waals surface area contributed by atoms with Crippen molar-refractivity contribution >= 4 is 27.3 Å². The van der Waals surface area contributed by atoms with E-state index < -0.39 is 0 Å². The summed E-state index contributed by atoms with van der Waals surface area (Å²) in [6.45, 7) is 1.69. The Morgan fingerprint density at radius 1 is 0.821 bits per heavy atom. The second-order valence-electron chi connectivity index (χ2n) is 7.81. The van der Waals surface area contributed by atoms with Crippen molar-refractivity contribution in [3.63, 3.8) is 0 Å². The Kier molecular flexibility index (Phi) is 3.94. The predicted octanol–water partition coefficient (Wildman–Crippen LogP) is 6.30. The van der Waals surface area contributed by atoms with Gasteiger partial charge < -0.3 is 5.11 Å². The van der Waals surface area contributed by atoms with Gasteiger partial charge in [-0.1, -0.05) is 66.7 Å². The minimum absolute atomic E-state index is 0.0621. The van der Waals surface area contributed by atoms with E-state index in [0.717, 1.165) is 39.9 Å². The Balaban J connectivity index is 1.88. The van der Waals surface area contributed by atoms with Gasteiger partial charge in [-0.2, -0.15) is 0 Å². The third-order valence-electron chi connectivity index (χ3n) is 6.26. The van der Waals surface area contributed by atoms with Crippen molar-refractivity contribution < 1.29 is 9.90 Å². The lowest BCUT2D eigenvalue weighted by atomic mass is 9.71. The summed E-state index contributed by atoms with van der Waals surface area (Å²) in [6, 6.07) is 24.7. The van der Waals surface area contributed by atoms with Crippen molar-refractivity contribution in [2.75, 3.05) is 0 Å². The molecule has 0 heterocycles. The van der Waals surface area contributed by atoms with Crippen LogP contribution >= 0.6 is 0 Å². The molecule has 2 unspecified atom stereocenters. The van der Waals surface area contributed by atoms with E-state index in [1.54, 1.807) is 6.92 Å². The molecule has 0 saturated carbocycles. The fourth-order valence-corrected chi connectivity index (χ4v) is 4.97. The summed E-state index contributed by atoms with van der Waals surface area (Å²) in [5, 5.41) is 14.9. The van der Waals surface area contributed by atoms with E-state index in [1.165, 1.54) is 11.1 Å². The van der Waals surface area contributed by atoms with Crippen LogP contribution in [0.4, 0.5) is 0 Å². The number of aromatic hydroxyl groups is 1. The number of hydrogen-bond donors (Lipinski definition) is 1. The van der Waals surface area contributed by atoms with Gasteiger partial charge in [0.15, 0.2) is 0 Å². The van der Waals surface area contributed by atoms with Crippen LogP contribution in [0, 0.1) is 0 Å². The molecule has 1 aliphatic carbocycles. The highest BCUT2D eigenvalue weighted by Gasteiger charge is 2.32. The summed E-state index contributed by atoms with van der Waals surface area (Å²) in [5.41, 5.74) is 3.59. The Morgan fingerprint density at radius 3 is 2.25 bits per heavy atom. The first kappa shape index (κ1) is 17.0. The highest BCUT2D eigenvalue weighted by Crippen LogP contribution is 2.47. The van der Waals surface area contributed by atoms with Crippen LogP contribution in [0.25, 0.3) is 21.5 Å². The smallest absolute Gasteiger partial charge is 0.137 e. The predicted molar refractivity (Wildman–Crippen MR) is 114 cm³/mol. The molecule has 4 aromatic carbocycles. The van der Waals surface area contributed by atoms with Crippen LogP contribution in [0.2, 0.25) is 0 Å². The monoisotopic (exact) mass is 366 g/mol. The first-order valence-electron chi connectivity index (χ1n) is 9.87. The molecule has 0 bridgehead atoms. The van der Waals surface area contributed by atoms with E-state index in [2.05, 4.69) is 42.5 Å². The molecule has 0 saturated heterocycles. The number of benzene rings is 4. The number of hydrogen-bond acceptors (Lipinski definition) is 2. The summed E-state index contributed by atoms with van der Waals surface area (Å²) in [6.07, 6.45) is 1.81. The highest BCUT2D eigenvalue weighted by molar-refractivity contribution is 6.12. The average Bonchev–Trinajstić information content (AvgIpc) is 2.73. The molecule has 2 heteroatoms. The first-order valence-corrected chi connectivity index (χ1v) is 9.87. The van der Waals surface area contributed by atoms with Gasteiger partial charge in [0, 0.05) is 17.2 Å². The molecule has 2 nitrogen and oxygen atoms in total. The molecule has 1 N–H and O–H groups in total. The first-order chi connectivity index (χ1) is 13.6. The number of carbonyl (C=O) groups is 1. The third kappa shape index (κ3) is 2.52. The van der Waals surface area contributed by atoms with Gasteiger partial charge in [0.2, 0.25) is 0 Å². The van der Waals surface area contributed by atoms with E-state index in [4.69, 9.17) is 0 Å². The van der Waals surface area contributed by atoms with Crippen molar-refractivity contribution in [1.82, 2.24) is 0 Å². The van der Waals surface area contributed by atoms with Gasteiger partial charge in [-0.3, -0.25) is 4.79 Å². The Bertz CT molecular complexity index is 1210. The summed E-state index contributed by atoms with van der Waals surface area (Å²) < 4.78 is 0. The Morgan fingerprint density at radius 2 is 1.50 bits per heavy atom. The van der Waals surface area contributed by atoms with Gasteiger partial charge in [0.05, 0.1) is 0 Å². The maximum atomic E-state index is 12.4. The summed E-state index contributed by atoms with van der Waals surface area (Å²) >= 11 is 0. The van der Waals surface area contributed by atoms with Crippen molar-refractivity contribution in [2.45, 2.75) is 31.6 Å². The molecular formula is C26H22O2. The lowest BCUT2D eigenvalue weighted by molar-refractivity contribution is -0.118. The average molecular weight is 366 g/mol. The molecule has 28 heavy (non-hydrogen) atoms. The fraction of sp³-hybridized carbons (Fsp3) is 0.192. The number of ketones is 1. The summed E-state index contributed by atoms with van der Waals surface area (Å²) in [4.78, 5) is 12.4. The van der Waals surface area contributed by atoms with Gasteiger partial charge in [-0.15, -0.1) is 0 Å². The topological polar surface area (TPSA) is 37.3 Å². The van der Waals surface area contributed by atoms with Crippen molar-refractivity contribution in [3.05, 3.63) is 89.5 Å². The molecule has 1 aliphatic rings. The van der Waals surface area contributed by atoms with Crippen LogP contribution in [0.5, 0.6) is 5.75 Å². The lowest BCUT2D eigenvalue weighted by Crippen LogP contribution is -2.20. The zero-order chi connectivity index (χ0) is 19.3. The van der Waals surface area contributed by atoms with E-state index in [9.17, 15) is 9.90 Å². The normalized spacial score (nSPS) is 18.9. The maximum Gasteiger partial charge on any atom is 0.137 e. The fourth-order valence-electron chi connectivity index (χ4n) is 4.97. The number of phenols is 1. The molecule has 138 valence electrons. The molecule has 0 aliphatic heterocycles. The molecule has 4 aromatic rings. The summed E-state index contributed by atoms with van der Waals surface area (Å²) in [5.74, 6) is 0.689. The second kappa shape index (κ2) is 6.49. The number of Topliss-reactive ketones (excluding diaryl/α,β-unsaturated/α-hetero) is 1. The maximum absolute atomic E-state index is 12.4. The molecule has 2 atom stereocenters. The Hall–Kier alpha value is -3.13. The van der Waals surface area contributed by atoms with E-state index in [1.807, 2.05) is 30.3 Å². The molecule has 0 amide bonds. The van der Waals surface area contributed by atoms with E-state index in [-0.39, 0.29) is 17.6 Å². The molecule has 0 fully saturated rings. The van der Waals surface area contributed by atoms with Crippen molar-refractivity contribution in [2.24, 2.45) is 0 Å². The summed E-state index contributed by atoms with van der Waals surface area (Å²) in [7, 11) is 0. The van der Waals surface area contributed by atoms with E-state index >= 15 is 0 Å². The van der Waals surface area contributed by atoms with Crippen LogP contribution < -0.4 is 0 Å². The lowest BCUT2D eigenvalue weighted by Gasteiger charge is -2.32. The van der Waals surface area contributed by atoms with Gasteiger partial charge in [-0.25, -0.2) is 0 Å². The zero-order valence-corrected chi connectivity index (χ0v) is 15.9. The number of rotatable bonds is 2. The minimum Gasteiger partial charge on any atom is -0.507 e. The SMILES string of the molecule is CC(=O)C1CCC(c2ccccc2)c2c1ccc1c2cc(O)c2ccccc21. The van der Waals surface area contributed by atoms with Gasteiger partial charge in [0.1, 0.15) is 11.5 Å². The van der Waals surface area contributed by atoms with Gasteiger partial charge in [0.25, 0.3) is 0 Å².